The number of hydrogen-bond acceptors (Lipinski definition) is 4. The molecule has 1 aliphatic heterocycles. The normalized spacial score (nSPS) is 20.5. The third kappa shape index (κ3) is 3.75. The van der Waals surface area contributed by atoms with Gasteiger partial charge >= 0.3 is 0 Å². The Morgan fingerprint density at radius 2 is 2.18 bits per heavy atom. The van der Waals surface area contributed by atoms with Crippen LogP contribution in [0.3, 0.4) is 0 Å². The number of ether oxygens (including phenoxy) is 1. The molecule has 0 bridgehead atoms. The average Bonchev–Trinajstić information content (AvgIpc) is 2.36. The minimum Gasteiger partial charge on any atom is -0.375 e. The number of nitro benzene ring substituents is 1. The van der Waals surface area contributed by atoms with Gasteiger partial charge in [0.25, 0.3) is 11.6 Å². The van der Waals surface area contributed by atoms with Gasteiger partial charge in [-0.05, 0) is 39.7 Å². The molecule has 0 aromatic heterocycles. The zero-order valence-corrected chi connectivity index (χ0v) is 13.6. The summed E-state index contributed by atoms with van der Waals surface area (Å²) in [5.74, 6) is -0.393. The Morgan fingerprint density at radius 3 is 2.77 bits per heavy atom. The largest absolute Gasteiger partial charge is 0.375 e. The molecule has 1 aliphatic rings. The standard InChI is InChI=1S/C15H19ClN2O4/c1-9-6-12(16)11(7-13(9)18(20)21)14(19)17-10-4-5-22-15(2,3)8-10/h6-7,10H,4-5,8H2,1-3H3,(H,17,19)/t10-/m0/s1. The Balaban J connectivity index is 2.19. The molecule has 6 nitrogen and oxygen atoms in total. The molecular weight excluding hydrogens is 308 g/mol. The quantitative estimate of drug-likeness (QED) is 0.683. The Kier molecular flexibility index (Phi) is 4.72. The van der Waals surface area contributed by atoms with Crippen LogP contribution in [-0.4, -0.2) is 29.1 Å². The lowest BCUT2D eigenvalue weighted by atomic mass is 9.93. The van der Waals surface area contributed by atoms with Crippen LogP contribution in [0.1, 0.15) is 42.6 Å². The Labute approximate surface area is 133 Å². The number of nitrogens with one attached hydrogen (secondary N) is 1. The molecule has 22 heavy (non-hydrogen) atoms. The van der Waals surface area contributed by atoms with Crippen LogP contribution in [0.25, 0.3) is 0 Å². The van der Waals surface area contributed by atoms with Gasteiger partial charge in [0.1, 0.15) is 0 Å². The van der Waals surface area contributed by atoms with Crippen molar-refractivity contribution < 1.29 is 14.5 Å². The number of nitrogens with zero attached hydrogens (tertiary/aromatic N) is 1. The summed E-state index contributed by atoms with van der Waals surface area (Å²) in [5, 5.41) is 14.1. The van der Waals surface area contributed by atoms with Gasteiger partial charge in [-0.1, -0.05) is 11.6 Å². The van der Waals surface area contributed by atoms with Crippen LogP contribution in [0.2, 0.25) is 5.02 Å². The second-order valence-corrected chi connectivity index (χ2v) is 6.55. The van der Waals surface area contributed by atoms with Gasteiger partial charge in [-0.2, -0.15) is 0 Å². The van der Waals surface area contributed by atoms with Crippen LogP contribution in [0.15, 0.2) is 12.1 Å². The number of nitro groups is 1. The molecule has 1 heterocycles. The minimum absolute atomic E-state index is 0.0346. The van der Waals surface area contributed by atoms with Crippen molar-refractivity contribution in [1.82, 2.24) is 5.32 Å². The predicted molar refractivity (Wildman–Crippen MR) is 83.4 cm³/mol. The lowest BCUT2D eigenvalue weighted by Crippen LogP contribution is -2.45. The highest BCUT2D eigenvalue weighted by molar-refractivity contribution is 6.34. The summed E-state index contributed by atoms with van der Waals surface area (Å²) in [6.07, 6.45) is 1.39. The van der Waals surface area contributed by atoms with Crippen LogP contribution in [0, 0.1) is 17.0 Å². The molecule has 0 radical (unpaired) electrons. The first-order valence-electron chi connectivity index (χ1n) is 7.09. The van der Waals surface area contributed by atoms with E-state index in [0.29, 0.717) is 25.0 Å². The first kappa shape index (κ1) is 16.7. The second-order valence-electron chi connectivity index (χ2n) is 6.15. The summed E-state index contributed by atoms with van der Waals surface area (Å²) in [5.41, 5.74) is 0.156. The van der Waals surface area contributed by atoms with Crippen molar-refractivity contribution in [2.45, 2.75) is 45.3 Å². The molecule has 1 N–H and O–H groups in total. The zero-order valence-electron chi connectivity index (χ0n) is 12.8. The summed E-state index contributed by atoms with van der Waals surface area (Å²) in [4.78, 5) is 22.9. The maximum absolute atomic E-state index is 12.4. The lowest BCUT2D eigenvalue weighted by molar-refractivity contribution is -0.385. The van der Waals surface area contributed by atoms with E-state index < -0.39 is 10.8 Å². The molecule has 120 valence electrons. The molecule has 1 atom stereocenters. The first-order chi connectivity index (χ1) is 10.2. The number of carbonyl (C=O) groups is 1. The number of carbonyl (C=O) groups excluding carboxylic acids is 1. The predicted octanol–water partition coefficient (Wildman–Crippen LogP) is 3.24. The van der Waals surface area contributed by atoms with Gasteiger partial charge in [-0.3, -0.25) is 14.9 Å². The van der Waals surface area contributed by atoms with Crippen molar-refractivity contribution in [2.24, 2.45) is 0 Å². The molecule has 7 heteroatoms. The van der Waals surface area contributed by atoms with E-state index in [9.17, 15) is 14.9 Å². The molecule has 1 aromatic rings. The van der Waals surface area contributed by atoms with Crippen molar-refractivity contribution in [3.05, 3.63) is 38.4 Å². The summed E-state index contributed by atoms with van der Waals surface area (Å²) in [6.45, 7) is 6.09. The third-order valence-electron chi connectivity index (χ3n) is 3.76. The van der Waals surface area contributed by atoms with Crippen molar-refractivity contribution >= 4 is 23.2 Å². The molecule has 1 aromatic carbocycles. The summed E-state index contributed by atoms with van der Waals surface area (Å²) in [7, 11) is 0. The maximum atomic E-state index is 12.4. The molecule has 1 saturated heterocycles. The maximum Gasteiger partial charge on any atom is 0.273 e. The van der Waals surface area contributed by atoms with E-state index in [0.717, 1.165) is 0 Å². The van der Waals surface area contributed by atoms with Crippen molar-refractivity contribution in [2.75, 3.05) is 6.61 Å². The molecule has 0 aliphatic carbocycles. The number of aryl methyl sites for hydroxylation is 1. The van der Waals surface area contributed by atoms with Crippen LogP contribution in [0.4, 0.5) is 5.69 Å². The van der Waals surface area contributed by atoms with Crippen LogP contribution in [0.5, 0.6) is 0 Å². The highest BCUT2D eigenvalue weighted by Gasteiger charge is 2.30. The SMILES string of the molecule is Cc1cc(Cl)c(C(=O)N[C@H]2CCOC(C)(C)C2)cc1[N+](=O)[O-]. The van der Waals surface area contributed by atoms with Gasteiger partial charge in [0, 0.05) is 24.3 Å². The Hall–Kier alpha value is -1.66. The van der Waals surface area contributed by atoms with Gasteiger partial charge in [-0.15, -0.1) is 0 Å². The fourth-order valence-corrected chi connectivity index (χ4v) is 2.95. The fraction of sp³-hybridized carbons (Fsp3) is 0.533. The van der Waals surface area contributed by atoms with Gasteiger partial charge in [0.15, 0.2) is 0 Å². The number of rotatable bonds is 3. The molecule has 1 amide bonds. The number of amides is 1. The summed E-state index contributed by atoms with van der Waals surface area (Å²) < 4.78 is 5.61. The number of halogens is 1. The smallest absolute Gasteiger partial charge is 0.273 e. The topological polar surface area (TPSA) is 81.5 Å². The highest BCUT2D eigenvalue weighted by Crippen LogP contribution is 2.28. The Morgan fingerprint density at radius 1 is 1.50 bits per heavy atom. The molecule has 0 unspecified atom stereocenters. The van der Waals surface area contributed by atoms with Crippen LogP contribution >= 0.6 is 11.6 Å². The van der Waals surface area contributed by atoms with Crippen molar-refractivity contribution in [1.29, 1.82) is 0 Å². The van der Waals surface area contributed by atoms with Gasteiger partial charge in [-0.25, -0.2) is 0 Å². The number of hydrogen-bond donors (Lipinski definition) is 1. The van der Waals surface area contributed by atoms with E-state index in [4.69, 9.17) is 16.3 Å². The zero-order chi connectivity index (χ0) is 16.5. The van der Waals surface area contributed by atoms with E-state index in [1.54, 1.807) is 6.92 Å². The molecule has 2 rings (SSSR count). The molecular formula is C15H19ClN2O4. The molecule has 0 saturated carbocycles. The van der Waals surface area contributed by atoms with Crippen LogP contribution in [-0.2, 0) is 4.74 Å². The fourth-order valence-electron chi connectivity index (χ4n) is 2.65. The van der Waals surface area contributed by atoms with E-state index in [1.165, 1.54) is 12.1 Å². The van der Waals surface area contributed by atoms with Gasteiger partial charge in [0.05, 0.1) is 21.1 Å². The first-order valence-corrected chi connectivity index (χ1v) is 7.47. The van der Waals surface area contributed by atoms with Gasteiger partial charge in [0.2, 0.25) is 0 Å². The van der Waals surface area contributed by atoms with E-state index in [-0.39, 0.29) is 27.9 Å². The number of benzene rings is 1. The minimum atomic E-state index is -0.514. The van der Waals surface area contributed by atoms with E-state index in [1.807, 2.05) is 13.8 Å². The summed E-state index contributed by atoms with van der Waals surface area (Å²) in [6, 6.07) is 2.65. The van der Waals surface area contributed by atoms with Crippen molar-refractivity contribution in [3.8, 4) is 0 Å². The van der Waals surface area contributed by atoms with E-state index >= 15 is 0 Å². The monoisotopic (exact) mass is 326 g/mol. The average molecular weight is 327 g/mol. The highest BCUT2D eigenvalue weighted by atomic mass is 35.5. The van der Waals surface area contributed by atoms with Crippen LogP contribution < -0.4 is 5.32 Å². The molecule has 0 spiro atoms. The second kappa shape index (κ2) is 6.22. The van der Waals surface area contributed by atoms with Crippen molar-refractivity contribution in [3.63, 3.8) is 0 Å². The van der Waals surface area contributed by atoms with Gasteiger partial charge < -0.3 is 10.1 Å². The third-order valence-corrected chi connectivity index (χ3v) is 4.07. The lowest BCUT2D eigenvalue weighted by Gasteiger charge is -2.35. The molecule has 1 fully saturated rings. The Bertz CT molecular complexity index is 616. The summed E-state index contributed by atoms with van der Waals surface area (Å²) >= 11 is 6.07. The van der Waals surface area contributed by atoms with E-state index in [2.05, 4.69) is 5.32 Å².